The molecule has 3 nitrogen and oxygen atoms in total. The highest BCUT2D eigenvalue weighted by molar-refractivity contribution is 7.91. The van der Waals surface area contributed by atoms with Crippen molar-refractivity contribution >= 4 is 20.2 Å². The zero-order valence-electron chi connectivity index (χ0n) is 17.2. The largest absolute Gasteiger partial charge is 0.346 e. The Balaban J connectivity index is 4.57. The molecule has 25 heavy (non-hydrogen) atoms. The maximum atomic E-state index is 13.4. The lowest BCUT2D eigenvalue weighted by molar-refractivity contribution is 0.187. The zero-order chi connectivity index (χ0) is 19.0. The minimum absolute atomic E-state index is 0.511. The molecule has 0 rings (SSSR count). The molecule has 0 aromatic rings. The van der Waals surface area contributed by atoms with Gasteiger partial charge in [-0.05, 0) is 26.2 Å². The Hall–Kier alpha value is 0.500. The van der Waals surface area contributed by atoms with Crippen LogP contribution in [0.15, 0.2) is 0 Å². The van der Waals surface area contributed by atoms with Crippen LogP contribution in [0.5, 0.6) is 0 Å². The lowest BCUT2D eigenvalue weighted by Crippen LogP contribution is -2.21. The number of rotatable bonds is 18. The molecule has 0 fully saturated rings. The van der Waals surface area contributed by atoms with E-state index in [0.717, 1.165) is 44.9 Å². The van der Waals surface area contributed by atoms with Crippen LogP contribution < -0.4 is 0 Å². The van der Waals surface area contributed by atoms with Crippen LogP contribution in [0, 0.1) is 0 Å². The van der Waals surface area contributed by atoms with Gasteiger partial charge in [-0.3, -0.25) is 4.57 Å². The van der Waals surface area contributed by atoms with Crippen LogP contribution in [0.1, 0.15) is 111 Å². The Morgan fingerprint density at radius 2 is 1.12 bits per heavy atom. The molecule has 0 saturated heterocycles. The highest BCUT2D eigenvalue weighted by Crippen LogP contribution is 2.64. The smallest absolute Gasteiger partial charge is 0.308 e. The van der Waals surface area contributed by atoms with Crippen molar-refractivity contribution in [3.63, 3.8) is 0 Å². The third kappa shape index (κ3) is 11.7. The SMILES string of the molecule is CCCCCCOP(=O)(OCCCCCC)C(C)(S)CCCCCC. The van der Waals surface area contributed by atoms with Crippen LogP contribution in [0.4, 0.5) is 0 Å². The third-order valence-electron chi connectivity index (χ3n) is 4.61. The molecule has 0 aromatic heterocycles. The van der Waals surface area contributed by atoms with Crippen molar-refractivity contribution in [2.24, 2.45) is 0 Å². The highest BCUT2D eigenvalue weighted by atomic mass is 32.1. The van der Waals surface area contributed by atoms with Gasteiger partial charge in [-0.15, -0.1) is 0 Å². The van der Waals surface area contributed by atoms with Gasteiger partial charge in [0.15, 0.2) is 0 Å². The molecule has 0 spiro atoms. The zero-order valence-corrected chi connectivity index (χ0v) is 19.0. The summed E-state index contributed by atoms with van der Waals surface area (Å²) in [6, 6.07) is 0. The molecule has 5 heteroatoms. The summed E-state index contributed by atoms with van der Waals surface area (Å²) in [7, 11) is -3.20. The van der Waals surface area contributed by atoms with E-state index in [0.29, 0.717) is 13.2 Å². The molecule has 0 bridgehead atoms. The van der Waals surface area contributed by atoms with E-state index in [1.807, 2.05) is 6.92 Å². The topological polar surface area (TPSA) is 35.5 Å². The molecule has 0 amide bonds. The van der Waals surface area contributed by atoms with Crippen LogP contribution in [-0.2, 0) is 13.6 Å². The first-order valence-electron chi connectivity index (χ1n) is 10.5. The number of hydrogen-bond donors (Lipinski definition) is 1. The Morgan fingerprint density at radius 3 is 1.52 bits per heavy atom. The average molecular weight is 395 g/mol. The van der Waals surface area contributed by atoms with Crippen molar-refractivity contribution in [1.82, 2.24) is 0 Å². The minimum atomic E-state index is -3.20. The van der Waals surface area contributed by atoms with E-state index >= 15 is 0 Å². The summed E-state index contributed by atoms with van der Waals surface area (Å²) >= 11 is 4.74. The van der Waals surface area contributed by atoms with Crippen molar-refractivity contribution in [3.8, 4) is 0 Å². The molecular formula is C20H43O3PS. The standard InChI is InChI=1S/C20H43O3PS/c1-5-8-11-14-17-20(4,25)24(21,22-18-15-12-9-6-2)23-19-16-13-10-7-3/h25H,5-19H2,1-4H3. The fourth-order valence-electron chi connectivity index (χ4n) is 2.77. The molecular weight excluding hydrogens is 351 g/mol. The van der Waals surface area contributed by atoms with Crippen molar-refractivity contribution in [2.45, 2.75) is 116 Å². The summed E-state index contributed by atoms with van der Waals surface area (Å²) in [5.41, 5.74) is 0. The molecule has 0 N–H and O–H groups in total. The molecule has 0 aliphatic rings. The number of hydrogen-bond acceptors (Lipinski definition) is 4. The molecule has 0 saturated carbocycles. The van der Waals surface area contributed by atoms with Gasteiger partial charge >= 0.3 is 7.60 Å². The summed E-state index contributed by atoms with van der Waals surface area (Å²) in [4.78, 5) is 0. The van der Waals surface area contributed by atoms with Crippen molar-refractivity contribution in [3.05, 3.63) is 0 Å². The third-order valence-corrected chi connectivity index (χ3v) is 8.02. The van der Waals surface area contributed by atoms with E-state index in [1.165, 1.54) is 38.5 Å². The van der Waals surface area contributed by atoms with Gasteiger partial charge in [0.1, 0.15) is 4.49 Å². The number of thiol groups is 1. The van der Waals surface area contributed by atoms with Gasteiger partial charge in [0.2, 0.25) is 0 Å². The van der Waals surface area contributed by atoms with Crippen molar-refractivity contribution in [2.75, 3.05) is 13.2 Å². The second-order valence-corrected chi connectivity index (χ2v) is 11.2. The van der Waals surface area contributed by atoms with E-state index in [9.17, 15) is 4.57 Å². The summed E-state index contributed by atoms with van der Waals surface area (Å²) in [6.07, 6.45) is 14.2. The Labute approximate surface area is 163 Å². The van der Waals surface area contributed by atoms with Gasteiger partial charge in [0.05, 0.1) is 13.2 Å². The molecule has 0 aromatic carbocycles. The van der Waals surface area contributed by atoms with E-state index in [-0.39, 0.29) is 0 Å². The monoisotopic (exact) mass is 394 g/mol. The molecule has 1 unspecified atom stereocenters. The first-order chi connectivity index (χ1) is 11.9. The van der Waals surface area contributed by atoms with E-state index < -0.39 is 12.1 Å². The highest BCUT2D eigenvalue weighted by Gasteiger charge is 2.44. The van der Waals surface area contributed by atoms with Gasteiger partial charge < -0.3 is 9.05 Å². The van der Waals surface area contributed by atoms with Gasteiger partial charge in [-0.25, -0.2) is 0 Å². The van der Waals surface area contributed by atoms with E-state index in [4.69, 9.17) is 21.7 Å². The van der Waals surface area contributed by atoms with Crippen LogP contribution in [0.25, 0.3) is 0 Å². The summed E-state index contributed by atoms with van der Waals surface area (Å²) < 4.78 is 24.5. The molecule has 0 radical (unpaired) electrons. The van der Waals surface area contributed by atoms with Crippen LogP contribution in [-0.4, -0.2) is 17.7 Å². The predicted octanol–water partition coefficient (Wildman–Crippen LogP) is 7.99. The van der Waals surface area contributed by atoms with Crippen LogP contribution in [0.3, 0.4) is 0 Å². The lowest BCUT2D eigenvalue weighted by Gasteiger charge is -2.32. The molecule has 0 aliphatic carbocycles. The van der Waals surface area contributed by atoms with Crippen molar-refractivity contribution in [1.29, 1.82) is 0 Å². The molecule has 0 heterocycles. The van der Waals surface area contributed by atoms with Gasteiger partial charge in [0, 0.05) is 0 Å². The normalized spacial score (nSPS) is 14.6. The van der Waals surface area contributed by atoms with Gasteiger partial charge in [0.25, 0.3) is 0 Å². The molecule has 152 valence electrons. The fraction of sp³-hybridized carbons (Fsp3) is 1.00. The van der Waals surface area contributed by atoms with Crippen LogP contribution >= 0.6 is 20.2 Å². The second-order valence-electron chi connectivity index (χ2n) is 7.31. The second kappa shape index (κ2) is 15.5. The first kappa shape index (κ1) is 25.5. The number of unbranched alkanes of at least 4 members (excludes halogenated alkanes) is 9. The average Bonchev–Trinajstić information content (AvgIpc) is 2.58. The van der Waals surface area contributed by atoms with E-state index in [1.54, 1.807) is 0 Å². The fourth-order valence-corrected chi connectivity index (χ4v) is 5.07. The minimum Gasteiger partial charge on any atom is -0.308 e. The summed E-state index contributed by atoms with van der Waals surface area (Å²) in [5.74, 6) is 0. The summed E-state index contributed by atoms with van der Waals surface area (Å²) in [6.45, 7) is 9.53. The van der Waals surface area contributed by atoms with Crippen LogP contribution in [0.2, 0.25) is 0 Å². The predicted molar refractivity (Wildman–Crippen MR) is 114 cm³/mol. The Kier molecular flexibility index (Phi) is 15.9. The molecule has 1 atom stereocenters. The van der Waals surface area contributed by atoms with Gasteiger partial charge in [-0.2, -0.15) is 12.6 Å². The maximum absolute atomic E-state index is 13.4. The van der Waals surface area contributed by atoms with E-state index in [2.05, 4.69) is 20.8 Å². The lowest BCUT2D eigenvalue weighted by atomic mass is 10.1. The first-order valence-corrected chi connectivity index (χ1v) is 12.5. The Bertz CT molecular complexity index is 330. The van der Waals surface area contributed by atoms with Crippen molar-refractivity contribution < 1.29 is 13.6 Å². The Morgan fingerprint density at radius 1 is 0.720 bits per heavy atom. The quantitative estimate of drug-likeness (QED) is 0.145. The summed E-state index contributed by atoms with van der Waals surface area (Å²) in [5, 5.41) is 0. The maximum Gasteiger partial charge on any atom is 0.346 e. The molecule has 0 aliphatic heterocycles. The van der Waals surface area contributed by atoms with Gasteiger partial charge in [-0.1, -0.05) is 85.0 Å².